The van der Waals surface area contributed by atoms with E-state index in [9.17, 15) is 4.79 Å². The molecule has 0 unspecified atom stereocenters. The van der Waals surface area contributed by atoms with Crippen molar-refractivity contribution >= 4 is 5.91 Å². The lowest BCUT2D eigenvalue weighted by molar-refractivity contribution is -0.135. The molecule has 0 radical (unpaired) electrons. The number of fused-ring (bicyclic) bond motifs is 2. The Morgan fingerprint density at radius 1 is 1.07 bits per heavy atom. The third-order valence-electron chi connectivity index (χ3n) is 7.42. The Balaban J connectivity index is 1.29. The Hall–Kier alpha value is -1.39. The first kappa shape index (κ1) is 17.7. The van der Waals surface area contributed by atoms with Gasteiger partial charge in [0.1, 0.15) is 0 Å². The highest BCUT2D eigenvalue weighted by molar-refractivity contribution is 5.77. The number of hydrogen-bond acceptors (Lipinski definition) is 3. The highest BCUT2D eigenvalue weighted by Crippen LogP contribution is 2.53. The molecule has 2 saturated heterocycles. The van der Waals surface area contributed by atoms with Gasteiger partial charge in [-0.1, -0.05) is 24.3 Å². The minimum absolute atomic E-state index is 0.312. The number of nitrogens with zero attached hydrogens (tertiary/aromatic N) is 2. The zero-order valence-corrected chi connectivity index (χ0v) is 16.4. The summed E-state index contributed by atoms with van der Waals surface area (Å²) in [4.78, 5) is 17.6. The summed E-state index contributed by atoms with van der Waals surface area (Å²) < 4.78 is 5.41. The van der Waals surface area contributed by atoms with E-state index in [2.05, 4.69) is 29.2 Å². The summed E-state index contributed by atoms with van der Waals surface area (Å²) in [6.45, 7) is 6.67. The number of rotatable bonds is 4. The van der Waals surface area contributed by atoms with Gasteiger partial charge in [-0.15, -0.1) is 0 Å². The van der Waals surface area contributed by atoms with E-state index >= 15 is 0 Å². The fourth-order valence-electron chi connectivity index (χ4n) is 5.66. The van der Waals surface area contributed by atoms with Gasteiger partial charge in [-0.2, -0.15) is 0 Å². The predicted molar refractivity (Wildman–Crippen MR) is 106 cm³/mol. The number of morpholine rings is 1. The fraction of sp³-hybridized carbons (Fsp3) is 0.696. The Morgan fingerprint density at radius 2 is 1.81 bits per heavy atom. The molecule has 4 nitrogen and oxygen atoms in total. The topological polar surface area (TPSA) is 32.8 Å². The third-order valence-corrected chi connectivity index (χ3v) is 7.42. The van der Waals surface area contributed by atoms with Crippen LogP contribution in [0.1, 0.15) is 55.6 Å². The fourth-order valence-corrected chi connectivity index (χ4v) is 5.66. The number of carbonyl (C=O) groups is 1. The van der Waals surface area contributed by atoms with E-state index < -0.39 is 0 Å². The summed E-state index contributed by atoms with van der Waals surface area (Å²) >= 11 is 0. The lowest BCUT2D eigenvalue weighted by atomic mass is 9.73. The van der Waals surface area contributed by atoms with E-state index in [0.29, 0.717) is 36.9 Å². The first-order valence-corrected chi connectivity index (χ1v) is 10.9. The van der Waals surface area contributed by atoms with Crippen molar-refractivity contribution in [2.24, 2.45) is 5.92 Å². The number of hydrogen-bond donors (Lipinski definition) is 0. The molecule has 2 aliphatic heterocycles. The molecule has 1 atom stereocenters. The van der Waals surface area contributed by atoms with E-state index in [1.807, 2.05) is 4.90 Å². The first-order chi connectivity index (χ1) is 13.2. The van der Waals surface area contributed by atoms with E-state index in [1.54, 1.807) is 5.56 Å². The van der Waals surface area contributed by atoms with Crippen molar-refractivity contribution in [2.75, 3.05) is 45.9 Å². The Labute approximate surface area is 162 Å². The van der Waals surface area contributed by atoms with E-state index in [1.165, 1.54) is 57.3 Å². The van der Waals surface area contributed by atoms with Crippen molar-refractivity contribution in [3.63, 3.8) is 0 Å². The van der Waals surface area contributed by atoms with Crippen LogP contribution in [0.5, 0.6) is 0 Å². The van der Waals surface area contributed by atoms with Crippen molar-refractivity contribution in [1.82, 2.24) is 9.80 Å². The van der Waals surface area contributed by atoms with Gasteiger partial charge in [0, 0.05) is 26.1 Å². The molecule has 5 rings (SSSR count). The van der Waals surface area contributed by atoms with Crippen LogP contribution < -0.4 is 0 Å². The molecular formula is C23H32N2O2. The zero-order chi connectivity index (χ0) is 18.3. The molecule has 4 heteroatoms. The lowest BCUT2D eigenvalue weighted by Gasteiger charge is -2.40. The molecular weight excluding hydrogens is 336 g/mol. The molecule has 4 aliphatic rings. The molecule has 146 valence electrons. The van der Waals surface area contributed by atoms with E-state index in [4.69, 9.17) is 4.74 Å². The van der Waals surface area contributed by atoms with Crippen LogP contribution in [0.3, 0.4) is 0 Å². The second-order valence-electron chi connectivity index (χ2n) is 9.21. The lowest BCUT2D eigenvalue weighted by Crippen LogP contribution is -2.43. The Morgan fingerprint density at radius 3 is 2.56 bits per heavy atom. The van der Waals surface area contributed by atoms with Gasteiger partial charge in [0.05, 0.1) is 13.2 Å². The first-order valence-electron chi connectivity index (χ1n) is 10.9. The summed E-state index contributed by atoms with van der Waals surface area (Å²) in [6, 6.07) is 9.00. The van der Waals surface area contributed by atoms with E-state index in [0.717, 1.165) is 19.0 Å². The molecule has 2 heterocycles. The van der Waals surface area contributed by atoms with Crippen LogP contribution in [-0.4, -0.2) is 61.6 Å². The smallest absolute Gasteiger partial charge is 0.223 e. The molecule has 0 aromatic heterocycles. The van der Waals surface area contributed by atoms with E-state index in [-0.39, 0.29) is 0 Å². The molecule has 1 spiro atoms. The summed E-state index contributed by atoms with van der Waals surface area (Å²) in [5, 5.41) is 0. The maximum absolute atomic E-state index is 12.9. The number of carbonyl (C=O) groups excluding carboxylic acids is 1. The molecule has 3 fully saturated rings. The number of ether oxygens (including phenoxy) is 1. The molecule has 2 aliphatic carbocycles. The molecule has 0 bridgehead atoms. The Bertz CT molecular complexity index is 685. The molecule has 0 N–H and O–H groups in total. The third kappa shape index (κ3) is 3.54. The van der Waals surface area contributed by atoms with Gasteiger partial charge < -0.3 is 14.5 Å². The van der Waals surface area contributed by atoms with Gasteiger partial charge in [-0.05, 0) is 73.6 Å². The van der Waals surface area contributed by atoms with Gasteiger partial charge in [0.15, 0.2) is 0 Å². The normalized spacial score (nSPS) is 27.7. The number of piperidine rings is 1. The maximum atomic E-state index is 12.9. The van der Waals surface area contributed by atoms with Crippen LogP contribution >= 0.6 is 0 Å². The van der Waals surface area contributed by atoms with Gasteiger partial charge in [0.25, 0.3) is 0 Å². The van der Waals surface area contributed by atoms with Gasteiger partial charge in [0.2, 0.25) is 5.91 Å². The second kappa shape index (κ2) is 7.21. The average Bonchev–Trinajstić information content (AvgIpc) is 3.49. The minimum atomic E-state index is 0.312. The van der Waals surface area contributed by atoms with Crippen molar-refractivity contribution in [1.29, 1.82) is 0 Å². The van der Waals surface area contributed by atoms with Crippen molar-refractivity contribution in [3.05, 3.63) is 35.4 Å². The summed E-state index contributed by atoms with van der Waals surface area (Å²) in [5.41, 5.74) is 3.32. The minimum Gasteiger partial charge on any atom is -0.378 e. The second-order valence-corrected chi connectivity index (χ2v) is 9.21. The van der Waals surface area contributed by atoms with Crippen LogP contribution in [0.25, 0.3) is 0 Å². The van der Waals surface area contributed by atoms with Gasteiger partial charge >= 0.3 is 0 Å². The number of amides is 1. The molecule has 1 amide bonds. The quantitative estimate of drug-likeness (QED) is 0.818. The largest absolute Gasteiger partial charge is 0.378 e. The van der Waals surface area contributed by atoms with Crippen LogP contribution in [0, 0.1) is 5.92 Å². The van der Waals surface area contributed by atoms with Crippen LogP contribution in [0.15, 0.2) is 24.3 Å². The monoisotopic (exact) mass is 368 g/mol. The standard InChI is InChI=1S/C23H32N2O2/c26-22(25-11-13-27-14-12-25)15-19-16-23(21-4-2-1-3-20(19)21)7-9-24(10-8-23)17-18-5-6-18/h1-4,18-19H,5-17H2/t19-/m1/s1. The highest BCUT2D eigenvalue weighted by Gasteiger charge is 2.46. The SMILES string of the molecule is O=C(C[C@@H]1CC2(CCN(CC3CC3)CC2)c2ccccc21)N1CCOCC1. The molecule has 1 aromatic carbocycles. The number of benzene rings is 1. The molecule has 27 heavy (non-hydrogen) atoms. The maximum Gasteiger partial charge on any atom is 0.223 e. The van der Waals surface area contributed by atoms with Crippen molar-refractivity contribution < 1.29 is 9.53 Å². The summed E-state index contributed by atoms with van der Waals surface area (Å²) in [6.07, 6.45) is 7.24. The van der Waals surface area contributed by atoms with Crippen molar-refractivity contribution in [2.45, 2.75) is 49.9 Å². The predicted octanol–water partition coefficient (Wildman–Crippen LogP) is 3.17. The summed E-state index contributed by atoms with van der Waals surface area (Å²) in [5.74, 6) is 1.70. The van der Waals surface area contributed by atoms with Crippen molar-refractivity contribution in [3.8, 4) is 0 Å². The van der Waals surface area contributed by atoms with Gasteiger partial charge in [-0.25, -0.2) is 0 Å². The molecule has 1 saturated carbocycles. The summed E-state index contributed by atoms with van der Waals surface area (Å²) in [7, 11) is 0. The van der Waals surface area contributed by atoms with Gasteiger partial charge in [-0.3, -0.25) is 4.79 Å². The van der Waals surface area contributed by atoms with Crippen LogP contribution in [0.4, 0.5) is 0 Å². The highest BCUT2D eigenvalue weighted by atomic mass is 16.5. The van der Waals surface area contributed by atoms with Crippen LogP contribution in [-0.2, 0) is 14.9 Å². The Kier molecular flexibility index (Phi) is 4.73. The van der Waals surface area contributed by atoms with Crippen LogP contribution in [0.2, 0.25) is 0 Å². The molecule has 1 aromatic rings. The number of likely N-dealkylation sites (tertiary alicyclic amines) is 1. The zero-order valence-electron chi connectivity index (χ0n) is 16.4. The average molecular weight is 369 g/mol.